The molecule has 0 amide bonds. The van der Waals surface area contributed by atoms with Gasteiger partial charge in [-0.1, -0.05) is 24.3 Å². The van der Waals surface area contributed by atoms with Crippen molar-refractivity contribution in [1.29, 1.82) is 0 Å². The highest BCUT2D eigenvalue weighted by atomic mass is 16.5. The van der Waals surface area contributed by atoms with Crippen LogP contribution in [0.5, 0.6) is 11.5 Å². The monoisotopic (exact) mass is 285 g/mol. The second-order valence-corrected chi connectivity index (χ2v) is 5.34. The Morgan fingerprint density at radius 3 is 2.19 bits per heavy atom. The number of aryl methyl sites for hydroxylation is 2. The third-order valence-corrected chi connectivity index (χ3v) is 4.04. The standard InChI is InChI=1S/C18H23NO2/c1-11-7-9-15(18(21-5)13(11)3)17(19)14-8-6-12(2)16(10-14)20-4/h6-10,17H,19H2,1-5H3. The van der Waals surface area contributed by atoms with Crippen molar-refractivity contribution in [2.75, 3.05) is 14.2 Å². The van der Waals surface area contributed by atoms with Crippen molar-refractivity contribution in [1.82, 2.24) is 0 Å². The summed E-state index contributed by atoms with van der Waals surface area (Å²) in [6.07, 6.45) is 0. The molecule has 0 aliphatic carbocycles. The summed E-state index contributed by atoms with van der Waals surface area (Å²) >= 11 is 0. The van der Waals surface area contributed by atoms with Crippen LogP contribution in [0.25, 0.3) is 0 Å². The molecule has 0 radical (unpaired) electrons. The van der Waals surface area contributed by atoms with E-state index in [0.29, 0.717) is 0 Å². The van der Waals surface area contributed by atoms with Crippen molar-refractivity contribution < 1.29 is 9.47 Å². The molecule has 1 atom stereocenters. The molecule has 0 saturated heterocycles. The molecule has 2 N–H and O–H groups in total. The lowest BCUT2D eigenvalue weighted by atomic mass is 9.94. The van der Waals surface area contributed by atoms with Gasteiger partial charge in [-0.25, -0.2) is 0 Å². The van der Waals surface area contributed by atoms with Crippen LogP contribution in [-0.4, -0.2) is 14.2 Å². The number of hydrogen-bond donors (Lipinski definition) is 1. The minimum Gasteiger partial charge on any atom is -0.496 e. The summed E-state index contributed by atoms with van der Waals surface area (Å²) in [6, 6.07) is 9.94. The summed E-state index contributed by atoms with van der Waals surface area (Å²) in [5.41, 5.74) is 11.9. The first kappa shape index (κ1) is 15.4. The topological polar surface area (TPSA) is 44.5 Å². The molecule has 2 rings (SSSR count). The van der Waals surface area contributed by atoms with Crippen LogP contribution in [0.15, 0.2) is 30.3 Å². The number of ether oxygens (including phenoxy) is 2. The van der Waals surface area contributed by atoms with Gasteiger partial charge in [-0.3, -0.25) is 0 Å². The van der Waals surface area contributed by atoms with Gasteiger partial charge in [-0.15, -0.1) is 0 Å². The maximum atomic E-state index is 6.45. The highest BCUT2D eigenvalue weighted by Gasteiger charge is 2.17. The van der Waals surface area contributed by atoms with E-state index in [0.717, 1.165) is 33.8 Å². The zero-order valence-electron chi connectivity index (χ0n) is 13.4. The maximum absolute atomic E-state index is 6.45. The summed E-state index contributed by atoms with van der Waals surface area (Å²) in [7, 11) is 3.36. The van der Waals surface area contributed by atoms with Crippen LogP contribution in [0.3, 0.4) is 0 Å². The number of nitrogens with two attached hydrogens (primary N) is 1. The molecule has 21 heavy (non-hydrogen) atoms. The molecular weight excluding hydrogens is 262 g/mol. The fourth-order valence-electron chi connectivity index (χ4n) is 2.54. The normalized spacial score (nSPS) is 12.1. The Bertz CT molecular complexity index is 650. The highest BCUT2D eigenvalue weighted by molar-refractivity contribution is 5.50. The average molecular weight is 285 g/mol. The predicted molar refractivity (Wildman–Crippen MR) is 86.2 cm³/mol. The second-order valence-electron chi connectivity index (χ2n) is 5.34. The Labute approximate surface area is 126 Å². The molecule has 0 bridgehead atoms. The summed E-state index contributed by atoms with van der Waals surface area (Å²) in [6.45, 7) is 6.15. The van der Waals surface area contributed by atoms with Crippen molar-refractivity contribution in [3.05, 3.63) is 58.1 Å². The van der Waals surface area contributed by atoms with E-state index in [-0.39, 0.29) is 6.04 Å². The van der Waals surface area contributed by atoms with Gasteiger partial charge < -0.3 is 15.2 Å². The number of benzene rings is 2. The predicted octanol–water partition coefficient (Wildman–Crippen LogP) is 3.68. The number of hydrogen-bond acceptors (Lipinski definition) is 3. The lowest BCUT2D eigenvalue weighted by Gasteiger charge is -2.20. The van der Waals surface area contributed by atoms with Crippen LogP contribution in [0, 0.1) is 20.8 Å². The van der Waals surface area contributed by atoms with Gasteiger partial charge in [0.1, 0.15) is 11.5 Å². The molecule has 2 aromatic rings. The summed E-state index contributed by atoms with van der Waals surface area (Å²) in [4.78, 5) is 0. The van der Waals surface area contributed by atoms with Gasteiger partial charge in [-0.2, -0.15) is 0 Å². The first-order valence-corrected chi connectivity index (χ1v) is 7.03. The molecule has 0 aliphatic heterocycles. The third kappa shape index (κ3) is 2.88. The maximum Gasteiger partial charge on any atom is 0.127 e. The number of methoxy groups -OCH3 is 2. The molecule has 0 heterocycles. The quantitative estimate of drug-likeness (QED) is 0.932. The zero-order chi connectivity index (χ0) is 15.6. The Balaban J connectivity index is 2.49. The minimum atomic E-state index is -0.242. The van der Waals surface area contributed by atoms with Gasteiger partial charge >= 0.3 is 0 Å². The Kier molecular flexibility index (Phi) is 4.53. The summed E-state index contributed by atoms with van der Waals surface area (Å²) < 4.78 is 11.0. The Hall–Kier alpha value is -2.00. The van der Waals surface area contributed by atoms with E-state index in [2.05, 4.69) is 19.9 Å². The lowest BCUT2D eigenvalue weighted by Crippen LogP contribution is -2.14. The molecule has 0 spiro atoms. The summed E-state index contributed by atoms with van der Waals surface area (Å²) in [5.74, 6) is 1.72. The fourth-order valence-corrected chi connectivity index (χ4v) is 2.54. The van der Waals surface area contributed by atoms with Gasteiger partial charge in [0.25, 0.3) is 0 Å². The molecule has 0 aromatic heterocycles. The van der Waals surface area contributed by atoms with Crippen molar-refractivity contribution in [2.24, 2.45) is 5.73 Å². The average Bonchev–Trinajstić information content (AvgIpc) is 2.49. The van der Waals surface area contributed by atoms with Gasteiger partial charge in [0.2, 0.25) is 0 Å². The Morgan fingerprint density at radius 1 is 0.905 bits per heavy atom. The Morgan fingerprint density at radius 2 is 1.57 bits per heavy atom. The SMILES string of the molecule is COc1cc(C(N)c2ccc(C)c(C)c2OC)ccc1C. The van der Waals surface area contributed by atoms with E-state index in [4.69, 9.17) is 15.2 Å². The van der Waals surface area contributed by atoms with Crippen LogP contribution < -0.4 is 15.2 Å². The van der Waals surface area contributed by atoms with Crippen molar-refractivity contribution >= 4 is 0 Å². The molecule has 3 nitrogen and oxygen atoms in total. The van der Waals surface area contributed by atoms with E-state index < -0.39 is 0 Å². The molecule has 0 fully saturated rings. The van der Waals surface area contributed by atoms with E-state index in [1.165, 1.54) is 5.56 Å². The van der Waals surface area contributed by atoms with Crippen molar-refractivity contribution in [3.8, 4) is 11.5 Å². The van der Waals surface area contributed by atoms with Crippen LogP contribution >= 0.6 is 0 Å². The smallest absolute Gasteiger partial charge is 0.127 e. The van der Waals surface area contributed by atoms with Crippen molar-refractivity contribution in [2.45, 2.75) is 26.8 Å². The van der Waals surface area contributed by atoms with Gasteiger partial charge in [0, 0.05) is 5.56 Å². The van der Waals surface area contributed by atoms with Crippen LogP contribution in [-0.2, 0) is 0 Å². The van der Waals surface area contributed by atoms with Crippen LogP contribution in [0.4, 0.5) is 0 Å². The van der Waals surface area contributed by atoms with Crippen LogP contribution in [0.2, 0.25) is 0 Å². The zero-order valence-corrected chi connectivity index (χ0v) is 13.4. The van der Waals surface area contributed by atoms with Gasteiger partial charge in [0.15, 0.2) is 0 Å². The van der Waals surface area contributed by atoms with Crippen LogP contribution in [0.1, 0.15) is 33.9 Å². The van der Waals surface area contributed by atoms with E-state index in [9.17, 15) is 0 Å². The first-order valence-electron chi connectivity index (χ1n) is 7.03. The molecule has 2 aromatic carbocycles. The first-order chi connectivity index (χ1) is 9.99. The van der Waals surface area contributed by atoms with E-state index in [1.54, 1.807) is 14.2 Å². The van der Waals surface area contributed by atoms with Gasteiger partial charge in [-0.05, 0) is 49.1 Å². The molecule has 1 unspecified atom stereocenters. The molecule has 3 heteroatoms. The second kappa shape index (κ2) is 6.19. The number of rotatable bonds is 4. The van der Waals surface area contributed by atoms with Crippen molar-refractivity contribution in [3.63, 3.8) is 0 Å². The van der Waals surface area contributed by atoms with E-state index in [1.807, 2.05) is 31.2 Å². The van der Waals surface area contributed by atoms with Gasteiger partial charge in [0.05, 0.1) is 20.3 Å². The minimum absolute atomic E-state index is 0.242. The lowest BCUT2D eigenvalue weighted by molar-refractivity contribution is 0.403. The third-order valence-electron chi connectivity index (χ3n) is 4.04. The van der Waals surface area contributed by atoms with E-state index >= 15 is 0 Å². The molecule has 0 aliphatic rings. The highest BCUT2D eigenvalue weighted by Crippen LogP contribution is 2.34. The fraction of sp³-hybridized carbons (Fsp3) is 0.333. The molecule has 112 valence electrons. The molecular formula is C18H23NO2. The molecule has 0 saturated carbocycles. The largest absolute Gasteiger partial charge is 0.496 e. The summed E-state index contributed by atoms with van der Waals surface area (Å²) in [5, 5.41) is 0.